The molecule has 0 saturated carbocycles. The van der Waals surface area contributed by atoms with Crippen molar-refractivity contribution in [1.82, 2.24) is 20.2 Å². The Balaban J connectivity index is 1.47. The minimum atomic E-state index is -2.90. The molecule has 3 N–H and O–H groups in total. The Morgan fingerprint density at radius 2 is 1.51 bits per heavy atom. The quantitative estimate of drug-likeness (QED) is 0.259. The Labute approximate surface area is 205 Å². The Morgan fingerprint density at radius 1 is 0.943 bits per heavy atom. The van der Waals surface area contributed by atoms with Gasteiger partial charge in [0.1, 0.15) is 5.75 Å². The third kappa shape index (κ3) is 5.96. The molecule has 0 spiro atoms. The van der Waals surface area contributed by atoms with E-state index in [-0.39, 0.29) is 17.7 Å². The zero-order chi connectivity index (χ0) is 24.8. The van der Waals surface area contributed by atoms with Crippen LogP contribution in [0.5, 0.6) is 5.75 Å². The smallest absolute Gasteiger partial charge is 0.387 e. The van der Waals surface area contributed by atoms with E-state index in [1.165, 1.54) is 28.6 Å². The van der Waals surface area contributed by atoms with Crippen molar-refractivity contribution in [3.63, 3.8) is 0 Å². The van der Waals surface area contributed by atoms with Crippen LogP contribution in [0.15, 0.2) is 90.1 Å². The number of nitrogens with one attached hydrogen (secondary N) is 1. The SMILES string of the molecule is C[C@@H](Sc1nnc(-c2ccc(OC(F)F)cc2)n1N)C(=O)NC(c1ccccc1)c1ccccc1. The van der Waals surface area contributed by atoms with Gasteiger partial charge < -0.3 is 15.9 Å². The van der Waals surface area contributed by atoms with Crippen LogP contribution in [0.2, 0.25) is 0 Å². The summed E-state index contributed by atoms with van der Waals surface area (Å²) in [5, 5.41) is 11.1. The summed E-state index contributed by atoms with van der Waals surface area (Å²) in [5.41, 5.74) is 2.50. The van der Waals surface area contributed by atoms with Gasteiger partial charge in [0.2, 0.25) is 11.1 Å². The minimum absolute atomic E-state index is 0.0260. The number of nitrogens with two attached hydrogens (primary N) is 1. The molecule has 0 aliphatic rings. The van der Waals surface area contributed by atoms with Gasteiger partial charge in [0.15, 0.2) is 5.82 Å². The van der Waals surface area contributed by atoms with E-state index in [2.05, 4.69) is 20.3 Å². The number of hydrogen-bond donors (Lipinski definition) is 2. The number of carbonyl (C=O) groups excluding carboxylic acids is 1. The van der Waals surface area contributed by atoms with Crippen LogP contribution in [0.3, 0.4) is 0 Å². The second kappa shape index (κ2) is 11.0. The number of nitrogen functional groups attached to an aromatic ring is 1. The standard InChI is InChI=1S/C25H23F2N5O2S/c1-16(23(33)29-21(17-8-4-2-5-9-17)18-10-6-3-7-11-18)35-25-31-30-22(32(25)28)19-12-14-20(15-13-19)34-24(26)27/h2-16,21,24H,28H2,1H3,(H,29,33)/t16-/m1/s1. The van der Waals surface area contributed by atoms with Crippen molar-refractivity contribution in [2.75, 3.05) is 5.84 Å². The summed E-state index contributed by atoms with van der Waals surface area (Å²) in [4.78, 5) is 13.1. The second-order valence-electron chi connectivity index (χ2n) is 7.60. The van der Waals surface area contributed by atoms with Gasteiger partial charge in [-0.2, -0.15) is 8.78 Å². The lowest BCUT2D eigenvalue weighted by Gasteiger charge is -2.22. The van der Waals surface area contributed by atoms with E-state index in [4.69, 9.17) is 5.84 Å². The van der Waals surface area contributed by atoms with Crippen molar-refractivity contribution >= 4 is 17.7 Å². The highest BCUT2D eigenvalue weighted by atomic mass is 32.2. The van der Waals surface area contributed by atoms with Crippen LogP contribution in [0.25, 0.3) is 11.4 Å². The second-order valence-corrected chi connectivity index (χ2v) is 8.91. The van der Waals surface area contributed by atoms with E-state index in [0.717, 1.165) is 11.1 Å². The Bertz CT molecular complexity index is 1210. The van der Waals surface area contributed by atoms with Crippen LogP contribution in [0.4, 0.5) is 8.78 Å². The van der Waals surface area contributed by atoms with Gasteiger partial charge in [0.05, 0.1) is 11.3 Å². The average Bonchev–Trinajstić information content (AvgIpc) is 3.23. The van der Waals surface area contributed by atoms with Crippen LogP contribution in [-0.2, 0) is 4.79 Å². The van der Waals surface area contributed by atoms with Crippen LogP contribution in [0.1, 0.15) is 24.1 Å². The number of ether oxygens (including phenoxy) is 1. The van der Waals surface area contributed by atoms with E-state index < -0.39 is 11.9 Å². The number of halogens is 2. The predicted octanol–water partition coefficient (Wildman–Crippen LogP) is 4.65. The van der Waals surface area contributed by atoms with Crippen LogP contribution < -0.4 is 15.9 Å². The average molecular weight is 496 g/mol. The molecule has 0 bridgehead atoms. The summed E-state index contributed by atoms with van der Waals surface area (Å²) in [6.45, 7) is -1.14. The molecule has 1 atom stereocenters. The van der Waals surface area contributed by atoms with E-state index in [1.54, 1.807) is 19.1 Å². The van der Waals surface area contributed by atoms with Gasteiger partial charge >= 0.3 is 6.61 Å². The van der Waals surface area contributed by atoms with E-state index >= 15 is 0 Å². The molecule has 10 heteroatoms. The summed E-state index contributed by atoms with van der Waals surface area (Å²) in [7, 11) is 0. The fourth-order valence-corrected chi connectivity index (χ4v) is 4.24. The number of amides is 1. The highest BCUT2D eigenvalue weighted by Crippen LogP contribution is 2.28. The van der Waals surface area contributed by atoms with Crippen molar-refractivity contribution < 1.29 is 18.3 Å². The molecule has 0 aliphatic carbocycles. The van der Waals surface area contributed by atoms with E-state index in [1.807, 2.05) is 60.7 Å². The number of carbonyl (C=O) groups is 1. The molecular formula is C25H23F2N5O2S. The van der Waals surface area contributed by atoms with Gasteiger partial charge in [-0.25, -0.2) is 4.68 Å². The minimum Gasteiger partial charge on any atom is -0.435 e. The van der Waals surface area contributed by atoms with Gasteiger partial charge in [0.25, 0.3) is 0 Å². The van der Waals surface area contributed by atoms with Gasteiger partial charge in [0, 0.05) is 5.56 Å². The third-order valence-electron chi connectivity index (χ3n) is 5.21. The van der Waals surface area contributed by atoms with E-state index in [0.29, 0.717) is 16.5 Å². The molecule has 0 saturated heterocycles. The van der Waals surface area contributed by atoms with Gasteiger partial charge in [-0.15, -0.1) is 10.2 Å². The number of thioether (sulfide) groups is 1. The molecule has 0 aliphatic heterocycles. The molecule has 180 valence electrons. The zero-order valence-electron chi connectivity index (χ0n) is 18.7. The van der Waals surface area contributed by atoms with Crippen molar-refractivity contribution in [2.45, 2.75) is 30.0 Å². The fraction of sp³-hybridized carbons (Fsp3) is 0.160. The van der Waals surface area contributed by atoms with Crippen molar-refractivity contribution in [2.24, 2.45) is 0 Å². The summed E-state index contributed by atoms with van der Waals surface area (Å²) in [6, 6.07) is 25.0. The topological polar surface area (TPSA) is 95.1 Å². The van der Waals surface area contributed by atoms with Crippen LogP contribution >= 0.6 is 11.8 Å². The number of rotatable bonds is 9. The Kier molecular flexibility index (Phi) is 7.61. The lowest BCUT2D eigenvalue weighted by atomic mass is 9.98. The monoisotopic (exact) mass is 495 g/mol. The molecule has 35 heavy (non-hydrogen) atoms. The van der Waals surface area contributed by atoms with Gasteiger partial charge in [-0.1, -0.05) is 72.4 Å². The largest absolute Gasteiger partial charge is 0.435 e. The first-order chi connectivity index (χ1) is 16.9. The number of nitrogens with zero attached hydrogens (tertiary/aromatic N) is 3. The third-order valence-corrected chi connectivity index (χ3v) is 6.26. The molecular weight excluding hydrogens is 472 g/mol. The molecule has 1 heterocycles. The molecule has 3 aromatic carbocycles. The Morgan fingerprint density at radius 3 is 2.06 bits per heavy atom. The van der Waals surface area contributed by atoms with Crippen molar-refractivity contribution in [3.05, 3.63) is 96.1 Å². The number of aromatic nitrogens is 3. The first kappa shape index (κ1) is 24.2. The molecule has 0 radical (unpaired) electrons. The highest BCUT2D eigenvalue weighted by molar-refractivity contribution is 8.00. The number of hydrogen-bond acceptors (Lipinski definition) is 6. The summed E-state index contributed by atoms with van der Waals surface area (Å²) in [6.07, 6.45) is 0. The van der Waals surface area contributed by atoms with Crippen molar-refractivity contribution in [1.29, 1.82) is 0 Å². The molecule has 4 aromatic rings. The maximum atomic E-state index is 13.1. The highest BCUT2D eigenvalue weighted by Gasteiger charge is 2.24. The summed E-state index contributed by atoms with van der Waals surface area (Å²) >= 11 is 1.17. The fourth-order valence-electron chi connectivity index (χ4n) is 3.46. The van der Waals surface area contributed by atoms with Crippen LogP contribution in [0, 0.1) is 0 Å². The molecule has 1 amide bonds. The molecule has 7 nitrogen and oxygen atoms in total. The Hall–Kier alpha value is -3.92. The normalized spacial score (nSPS) is 12.0. The van der Waals surface area contributed by atoms with Gasteiger partial charge in [-0.05, 0) is 42.3 Å². The maximum Gasteiger partial charge on any atom is 0.387 e. The molecule has 0 unspecified atom stereocenters. The molecule has 1 aromatic heterocycles. The number of benzene rings is 3. The zero-order valence-corrected chi connectivity index (χ0v) is 19.5. The van der Waals surface area contributed by atoms with E-state index in [9.17, 15) is 13.6 Å². The molecule has 4 rings (SSSR count). The lowest BCUT2D eigenvalue weighted by molar-refractivity contribution is -0.120. The van der Waals surface area contributed by atoms with Gasteiger partial charge in [-0.3, -0.25) is 4.79 Å². The van der Waals surface area contributed by atoms with Crippen molar-refractivity contribution in [3.8, 4) is 17.1 Å². The number of alkyl halides is 2. The summed E-state index contributed by atoms with van der Waals surface area (Å²) in [5.74, 6) is 6.34. The molecule has 0 fully saturated rings. The lowest BCUT2D eigenvalue weighted by Crippen LogP contribution is -2.35. The predicted molar refractivity (Wildman–Crippen MR) is 130 cm³/mol. The maximum absolute atomic E-state index is 13.1. The first-order valence-electron chi connectivity index (χ1n) is 10.7. The summed E-state index contributed by atoms with van der Waals surface area (Å²) < 4.78 is 30.4. The van der Waals surface area contributed by atoms with Crippen LogP contribution in [-0.4, -0.2) is 32.6 Å². The first-order valence-corrected chi connectivity index (χ1v) is 11.6.